The number of hydrogen-bond donors (Lipinski definition) is 0. The van der Waals surface area contributed by atoms with Crippen LogP contribution in [0.1, 0.15) is 13.8 Å². The standard InChI is InChI=1S/C26H26BN2PS2/c1-3-28-23-17-11-12-18-24(23)29(4-2)27(28)25-19-20-26(32-25)30(31,21-13-7-5-8-14-21)22-15-9-6-10-16-22/h5-20H,3-4H2,1-2H3. The second-order valence-electron chi connectivity index (χ2n) is 7.89. The van der Waals surface area contributed by atoms with Crippen molar-refractivity contribution in [1.82, 2.24) is 0 Å². The fraction of sp³-hybridized carbons (Fsp3) is 0.154. The quantitative estimate of drug-likeness (QED) is 0.300. The Morgan fingerprint density at radius 1 is 0.688 bits per heavy atom. The number of para-hydroxylation sites is 2. The summed E-state index contributed by atoms with van der Waals surface area (Å²) in [7, 11) is 0. The second-order valence-corrected chi connectivity index (χ2v) is 13.7. The molecular weight excluding hydrogens is 446 g/mol. The number of rotatable bonds is 6. The van der Waals surface area contributed by atoms with E-state index in [1.807, 2.05) is 11.3 Å². The largest absolute Gasteiger partial charge is 0.421 e. The molecular formula is C26H26BN2PS2. The minimum atomic E-state index is -2.11. The van der Waals surface area contributed by atoms with Gasteiger partial charge >= 0.3 is 6.98 Å². The van der Waals surface area contributed by atoms with E-state index in [0.717, 1.165) is 13.1 Å². The summed E-state index contributed by atoms with van der Waals surface area (Å²) >= 11 is 8.47. The molecule has 4 aromatic rings. The zero-order valence-electron chi connectivity index (χ0n) is 18.4. The van der Waals surface area contributed by atoms with Crippen molar-refractivity contribution in [2.24, 2.45) is 0 Å². The molecule has 6 heteroatoms. The van der Waals surface area contributed by atoms with Crippen LogP contribution in [-0.4, -0.2) is 20.1 Å². The number of anilines is 2. The van der Waals surface area contributed by atoms with E-state index in [1.165, 1.54) is 31.4 Å². The van der Waals surface area contributed by atoms with Crippen LogP contribution in [0.15, 0.2) is 97.1 Å². The summed E-state index contributed by atoms with van der Waals surface area (Å²) in [6.45, 7) is 6.65. The maximum absolute atomic E-state index is 6.57. The predicted molar refractivity (Wildman–Crippen MR) is 148 cm³/mol. The number of nitrogens with zero attached hydrogens (tertiary/aromatic N) is 2. The van der Waals surface area contributed by atoms with Gasteiger partial charge in [0.05, 0.1) is 0 Å². The number of hydrogen-bond acceptors (Lipinski definition) is 4. The molecule has 0 N–H and O–H groups in total. The number of fused-ring (bicyclic) bond motifs is 1. The molecule has 0 saturated heterocycles. The molecule has 32 heavy (non-hydrogen) atoms. The van der Waals surface area contributed by atoms with Gasteiger partial charge in [0.15, 0.2) is 0 Å². The highest BCUT2D eigenvalue weighted by molar-refractivity contribution is 8.26. The lowest BCUT2D eigenvalue weighted by atomic mass is 9.71. The lowest BCUT2D eigenvalue weighted by Gasteiger charge is -2.27. The van der Waals surface area contributed by atoms with Gasteiger partial charge in [-0.1, -0.05) is 90.7 Å². The van der Waals surface area contributed by atoms with E-state index in [1.54, 1.807) is 0 Å². The summed E-state index contributed by atoms with van der Waals surface area (Å²) in [6, 6.07) is 32.7. The molecule has 1 aliphatic rings. The summed E-state index contributed by atoms with van der Waals surface area (Å²) < 4.78 is 2.67. The van der Waals surface area contributed by atoms with Crippen LogP contribution < -0.4 is 29.6 Å². The summed E-state index contributed by atoms with van der Waals surface area (Å²) in [6.07, 6.45) is 0. The third kappa shape index (κ3) is 3.44. The van der Waals surface area contributed by atoms with Gasteiger partial charge in [-0.2, -0.15) is 0 Å². The summed E-state index contributed by atoms with van der Waals surface area (Å²) in [4.78, 5) is 5.03. The maximum Gasteiger partial charge on any atom is 0.421 e. The molecule has 1 aromatic heterocycles. The summed E-state index contributed by atoms with van der Waals surface area (Å²) in [5.41, 5.74) is 2.64. The second kappa shape index (κ2) is 8.90. The number of thiophene rings is 1. The van der Waals surface area contributed by atoms with Gasteiger partial charge in [-0.3, -0.25) is 0 Å². The molecule has 1 aliphatic heterocycles. The normalized spacial score (nSPS) is 13.5. The smallest absolute Gasteiger partial charge is 0.390 e. The average molecular weight is 472 g/mol. The van der Waals surface area contributed by atoms with Gasteiger partial charge in [-0.25, -0.2) is 0 Å². The fourth-order valence-electron chi connectivity index (χ4n) is 4.71. The summed E-state index contributed by atoms with van der Waals surface area (Å²) in [5.74, 6) is 0. The van der Waals surface area contributed by atoms with Crippen molar-refractivity contribution < 1.29 is 0 Å². The van der Waals surface area contributed by atoms with Crippen LogP contribution >= 0.6 is 17.4 Å². The summed E-state index contributed by atoms with van der Waals surface area (Å²) in [5, 5.41) is 2.51. The van der Waals surface area contributed by atoms with Crippen molar-refractivity contribution in [3.8, 4) is 0 Å². The molecule has 5 rings (SSSR count). The first-order valence-electron chi connectivity index (χ1n) is 11.1. The molecule has 0 radical (unpaired) electrons. The molecule has 0 atom stereocenters. The molecule has 0 unspecified atom stereocenters. The highest BCUT2D eigenvalue weighted by Crippen LogP contribution is 2.44. The van der Waals surface area contributed by atoms with Gasteiger partial charge in [0.2, 0.25) is 0 Å². The van der Waals surface area contributed by atoms with Crippen LogP contribution in [0.3, 0.4) is 0 Å². The van der Waals surface area contributed by atoms with Gasteiger partial charge in [0, 0.05) is 39.9 Å². The topological polar surface area (TPSA) is 6.48 Å². The van der Waals surface area contributed by atoms with E-state index >= 15 is 0 Å². The molecule has 160 valence electrons. The third-order valence-electron chi connectivity index (χ3n) is 6.19. The zero-order valence-corrected chi connectivity index (χ0v) is 20.9. The fourth-order valence-corrected chi connectivity index (χ4v) is 10.6. The first kappa shape index (κ1) is 21.5. The Morgan fingerprint density at radius 3 is 1.62 bits per heavy atom. The van der Waals surface area contributed by atoms with Crippen LogP contribution in [0.2, 0.25) is 0 Å². The predicted octanol–water partition coefficient (Wildman–Crippen LogP) is 4.57. The van der Waals surface area contributed by atoms with E-state index in [2.05, 4.69) is 121 Å². The monoisotopic (exact) mass is 472 g/mol. The van der Waals surface area contributed by atoms with Crippen molar-refractivity contribution in [3.05, 3.63) is 97.1 Å². The minimum absolute atomic E-state index is 0.219. The molecule has 0 aliphatic carbocycles. The highest BCUT2D eigenvalue weighted by atomic mass is 32.4. The number of benzene rings is 3. The first-order chi connectivity index (χ1) is 15.7. The Kier molecular flexibility index (Phi) is 5.98. The molecule has 0 saturated carbocycles. The lowest BCUT2D eigenvalue weighted by molar-refractivity contribution is 1.06. The average Bonchev–Trinajstić information content (AvgIpc) is 3.47. The van der Waals surface area contributed by atoms with Gasteiger partial charge in [0.1, 0.15) is 0 Å². The third-order valence-corrected chi connectivity index (χ3v) is 13.2. The van der Waals surface area contributed by atoms with Crippen molar-refractivity contribution in [3.63, 3.8) is 0 Å². The molecule has 0 amide bonds. The van der Waals surface area contributed by atoms with E-state index in [9.17, 15) is 0 Å². The Labute approximate surface area is 200 Å². The van der Waals surface area contributed by atoms with Crippen LogP contribution in [0.25, 0.3) is 0 Å². The zero-order chi connectivity index (χ0) is 22.1. The van der Waals surface area contributed by atoms with E-state index in [4.69, 9.17) is 11.8 Å². The minimum Gasteiger partial charge on any atom is -0.390 e. The van der Waals surface area contributed by atoms with Gasteiger partial charge < -0.3 is 9.62 Å². The van der Waals surface area contributed by atoms with Crippen LogP contribution in [-0.2, 0) is 11.8 Å². The van der Waals surface area contributed by atoms with Crippen LogP contribution in [0, 0.1) is 0 Å². The van der Waals surface area contributed by atoms with Crippen molar-refractivity contribution in [2.45, 2.75) is 13.8 Å². The molecule has 3 aromatic carbocycles. The van der Waals surface area contributed by atoms with Gasteiger partial charge in [-0.15, -0.1) is 11.3 Å². The molecule has 0 bridgehead atoms. The van der Waals surface area contributed by atoms with Crippen molar-refractivity contribution in [1.29, 1.82) is 0 Å². The van der Waals surface area contributed by atoms with Gasteiger partial charge in [0.25, 0.3) is 0 Å². The molecule has 2 nitrogen and oxygen atoms in total. The van der Waals surface area contributed by atoms with Crippen LogP contribution in [0.5, 0.6) is 0 Å². The molecule has 2 heterocycles. The Morgan fingerprint density at radius 2 is 1.16 bits per heavy atom. The Balaban J connectivity index is 1.63. The van der Waals surface area contributed by atoms with E-state index < -0.39 is 6.04 Å². The first-order valence-corrected chi connectivity index (χ1v) is 14.7. The SMILES string of the molecule is CCN1B(c2ccc(P(=S)(c3ccccc3)c3ccccc3)s2)N(CC)c2ccccc21. The molecule has 0 spiro atoms. The van der Waals surface area contributed by atoms with E-state index in [0.29, 0.717) is 0 Å². The van der Waals surface area contributed by atoms with E-state index in [-0.39, 0.29) is 6.98 Å². The van der Waals surface area contributed by atoms with Gasteiger partial charge in [-0.05, 0) is 42.7 Å². The van der Waals surface area contributed by atoms with Crippen molar-refractivity contribution in [2.75, 3.05) is 22.7 Å². The van der Waals surface area contributed by atoms with Crippen LogP contribution in [0.4, 0.5) is 11.4 Å². The van der Waals surface area contributed by atoms with Crippen molar-refractivity contribution >= 4 is 67.5 Å². The highest BCUT2D eigenvalue weighted by Gasteiger charge is 2.41. The Bertz CT molecular complexity index is 1180. The Hall–Kier alpha value is -2.33. The molecule has 0 fully saturated rings. The maximum atomic E-state index is 6.57. The lowest BCUT2D eigenvalue weighted by Crippen LogP contribution is -2.55.